The Morgan fingerprint density at radius 2 is 1.77 bits per heavy atom. The SMILES string of the molecule is O=C1CC[C@H](N2C(=O)c3ccc(O[C@H]4CCN(Cc5cc(F)c6nc(C7CCOCC7)ccc6c5)C4)cc3C2=O)C(=O)N1. The van der Waals surface area contributed by atoms with Crippen molar-refractivity contribution in [2.75, 3.05) is 26.3 Å². The number of aromatic nitrogens is 1. The number of likely N-dealkylation sites (tertiary alicyclic amines) is 1. The zero-order valence-corrected chi connectivity index (χ0v) is 23.5. The Morgan fingerprint density at radius 3 is 2.58 bits per heavy atom. The van der Waals surface area contributed by atoms with Gasteiger partial charge in [-0.25, -0.2) is 9.37 Å². The van der Waals surface area contributed by atoms with E-state index < -0.39 is 29.7 Å². The number of amides is 4. The van der Waals surface area contributed by atoms with Gasteiger partial charge < -0.3 is 9.47 Å². The molecule has 1 aromatic heterocycles. The summed E-state index contributed by atoms with van der Waals surface area (Å²) in [4.78, 5) is 57.7. The summed E-state index contributed by atoms with van der Waals surface area (Å²) in [5, 5.41) is 2.98. The quantitative estimate of drug-likeness (QED) is 0.437. The van der Waals surface area contributed by atoms with Gasteiger partial charge in [-0.05, 0) is 67.6 Å². The molecular weight excluding hydrogens is 555 g/mol. The van der Waals surface area contributed by atoms with Crippen LogP contribution in [0.3, 0.4) is 0 Å². The van der Waals surface area contributed by atoms with Crippen LogP contribution in [0.4, 0.5) is 4.39 Å². The molecule has 11 heteroatoms. The number of rotatable bonds is 6. The van der Waals surface area contributed by atoms with Crippen LogP contribution >= 0.6 is 0 Å². The van der Waals surface area contributed by atoms with Gasteiger partial charge in [0.15, 0.2) is 0 Å². The molecule has 1 N–H and O–H groups in total. The molecule has 43 heavy (non-hydrogen) atoms. The fourth-order valence-corrected chi connectivity index (χ4v) is 6.59. The summed E-state index contributed by atoms with van der Waals surface area (Å²) in [6.45, 7) is 3.36. The fraction of sp³-hybridized carbons (Fsp3) is 0.406. The predicted molar refractivity (Wildman–Crippen MR) is 152 cm³/mol. The molecule has 3 saturated heterocycles. The maximum absolute atomic E-state index is 15.2. The Bertz CT molecular complexity index is 1650. The zero-order valence-electron chi connectivity index (χ0n) is 23.5. The van der Waals surface area contributed by atoms with Crippen LogP contribution in [0.2, 0.25) is 0 Å². The summed E-state index contributed by atoms with van der Waals surface area (Å²) in [6.07, 6.45) is 2.57. The minimum absolute atomic E-state index is 0.0661. The van der Waals surface area contributed by atoms with Crippen molar-refractivity contribution >= 4 is 34.5 Å². The minimum atomic E-state index is -1.01. The molecule has 7 rings (SSSR count). The largest absolute Gasteiger partial charge is 0.489 e. The third-order valence-electron chi connectivity index (χ3n) is 8.82. The molecule has 0 saturated carbocycles. The Hall–Kier alpha value is -4.22. The van der Waals surface area contributed by atoms with Gasteiger partial charge in [0.2, 0.25) is 11.8 Å². The van der Waals surface area contributed by atoms with Crippen LogP contribution in [0.15, 0.2) is 42.5 Å². The number of hydrogen-bond acceptors (Lipinski definition) is 8. The molecule has 4 amide bonds. The van der Waals surface area contributed by atoms with Crippen molar-refractivity contribution < 1.29 is 33.0 Å². The highest BCUT2D eigenvalue weighted by atomic mass is 19.1. The van der Waals surface area contributed by atoms with Crippen LogP contribution in [-0.2, 0) is 20.9 Å². The molecule has 222 valence electrons. The molecule has 2 aromatic carbocycles. The molecule has 4 aliphatic rings. The Balaban J connectivity index is 0.996. The molecule has 0 radical (unpaired) electrons. The Morgan fingerprint density at radius 1 is 0.953 bits per heavy atom. The first-order valence-electron chi connectivity index (χ1n) is 14.8. The van der Waals surface area contributed by atoms with Crippen molar-refractivity contribution in [3.05, 3.63) is 70.7 Å². The van der Waals surface area contributed by atoms with E-state index in [1.54, 1.807) is 24.3 Å². The topological polar surface area (TPSA) is 118 Å². The van der Waals surface area contributed by atoms with E-state index in [1.807, 2.05) is 18.2 Å². The third-order valence-corrected chi connectivity index (χ3v) is 8.82. The lowest BCUT2D eigenvalue weighted by Crippen LogP contribution is -2.54. The summed E-state index contributed by atoms with van der Waals surface area (Å²) < 4.78 is 26.8. The van der Waals surface area contributed by atoms with E-state index in [-0.39, 0.29) is 35.9 Å². The van der Waals surface area contributed by atoms with E-state index in [9.17, 15) is 19.2 Å². The van der Waals surface area contributed by atoms with Gasteiger partial charge in [-0.3, -0.25) is 34.3 Å². The van der Waals surface area contributed by atoms with Crippen LogP contribution in [0.5, 0.6) is 5.75 Å². The molecule has 3 aromatic rings. The number of fused-ring (bicyclic) bond motifs is 2. The molecule has 3 fully saturated rings. The van der Waals surface area contributed by atoms with Gasteiger partial charge in [-0.15, -0.1) is 0 Å². The third kappa shape index (κ3) is 5.27. The number of carbonyl (C=O) groups excluding carboxylic acids is 4. The van der Waals surface area contributed by atoms with Crippen molar-refractivity contribution in [1.29, 1.82) is 0 Å². The van der Waals surface area contributed by atoms with Crippen molar-refractivity contribution in [3.8, 4) is 5.75 Å². The highest BCUT2D eigenvalue weighted by molar-refractivity contribution is 6.23. The van der Waals surface area contributed by atoms with Crippen molar-refractivity contribution in [2.45, 2.75) is 56.7 Å². The first kappa shape index (κ1) is 27.6. The molecule has 0 unspecified atom stereocenters. The predicted octanol–water partition coefficient (Wildman–Crippen LogP) is 3.32. The van der Waals surface area contributed by atoms with Crippen molar-refractivity contribution in [2.24, 2.45) is 0 Å². The number of imide groups is 2. The lowest BCUT2D eigenvalue weighted by molar-refractivity contribution is -0.136. The van der Waals surface area contributed by atoms with Gasteiger partial charge in [0.25, 0.3) is 11.8 Å². The van der Waals surface area contributed by atoms with Gasteiger partial charge in [0.05, 0.1) is 11.1 Å². The number of carbonyl (C=O) groups is 4. The summed E-state index contributed by atoms with van der Waals surface area (Å²) >= 11 is 0. The van der Waals surface area contributed by atoms with E-state index in [2.05, 4.69) is 15.2 Å². The summed E-state index contributed by atoms with van der Waals surface area (Å²) in [5.74, 6) is -1.74. The first-order valence-corrected chi connectivity index (χ1v) is 14.8. The Kier molecular flexibility index (Phi) is 7.14. The van der Waals surface area contributed by atoms with Gasteiger partial charge in [0.1, 0.15) is 29.2 Å². The number of halogens is 1. The normalized spacial score (nSPS) is 23.2. The van der Waals surface area contributed by atoms with E-state index in [4.69, 9.17) is 9.47 Å². The number of pyridine rings is 1. The molecule has 0 spiro atoms. The van der Waals surface area contributed by atoms with Gasteiger partial charge >= 0.3 is 0 Å². The highest BCUT2D eigenvalue weighted by Crippen LogP contribution is 2.32. The van der Waals surface area contributed by atoms with Crippen LogP contribution < -0.4 is 10.1 Å². The molecule has 10 nitrogen and oxygen atoms in total. The molecule has 0 bridgehead atoms. The standard InChI is InChI=1S/C32H31FN4O6/c33-25-14-18(13-20-1-4-26(34-29(20)25)19-8-11-42-12-9-19)16-36-10-7-22(17-36)43-21-2-3-23-24(15-21)32(41)37(31(23)40)27-5-6-28(38)35-30(27)39/h1-4,13-15,19,22,27H,5-12,16-17H2,(H,35,38,39)/t22-,27-/m0/s1. The van der Waals surface area contributed by atoms with Crippen LogP contribution in [0.1, 0.15) is 70.0 Å². The van der Waals surface area contributed by atoms with E-state index in [0.29, 0.717) is 43.5 Å². The summed E-state index contributed by atoms with van der Waals surface area (Å²) in [5.41, 5.74) is 2.57. The zero-order chi connectivity index (χ0) is 29.7. The molecular formula is C32H31FN4O6. The Labute approximate surface area is 247 Å². The van der Waals surface area contributed by atoms with Crippen LogP contribution in [-0.4, -0.2) is 76.9 Å². The minimum Gasteiger partial charge on any atom is -0.489 e. The number of hydrogen-bond donors (Lipinski definition) is 1. The summed E-state index contributed by atoms with van der Waals surface area (Å²) in [6, 6.07) is 11.2. The molecule has 0 aliphatic carbocycles. The average Bonchev–Trinajstić information content (AvgIpc) is 3.54. The number of ether oxygens (including phenoxy) is 2. The second kappa shape index (κ2) is 11.1. The molecule has 5 heterocycles. The van der Waals surface area contributed by atoms with E-state index >= 15 is 4.39 Å². The van der Waals surface area contributed by atoms with Crippen LogP contribution in [0, 0.1) is 5.82 Å². The van der Waals surface area contributed by atoms with Crippen molar-refractivity contribution in [1.82, 2.24) is 20.1 Å². The van der Waals surface area contributed by atoms with Gasteiger partial charge in [-0.2, -0.15) is 0 Å². The number of piperidine rings is 1. The van der Waals surface area contributed by atoms with E-state index in [0.717, 1.165) is 47.4 Å². The summed E-state index contributed by atoms with van der Waals surface area (Å²) in [7, 11) is 0. The maximum Gasteiger partial charge on any atom is 0.262 e. The number of nitrogens with one attached hydrogen (secondary N) is 1. The molecule has 4 aliphatic heterocycles. The lowest BCUT2D eigenvalue weighted by Gasteiger charge is -2.27. The van der Waals surface area contributed by atoms with Crippen LogP contribution in [0.25, 0.3) is 10.9 Å². The molecule has 2 atom stereocenters. The average molecular weight is 587 g/mol. The second-order valence-corrected chi connectivity index (χ2v) is 11.7. The van der Waals surface area contributed by atoms with Gasteiger partial charge in [-0.1, -0.05) is 6.07 Å². The van der Waals surface area contributed by atoms with Crippen molar-refractivity contribution in [3.63, 3.8) is 0 Å². The first-order chi connectivity index (χ1) is 20.8. The van der Waals surface area contributed by atoms with E-state index in [1.165, 1.54) is 0 Å². The number of nitrogens with zero attached hydrogens (tertiary/aromatic N) is 3. The maximum atomic E-state index is 15.2. The monoisotopic (exact) mass is 586 g/mol. The number of benzene rings is 2. The fourth-order valence-electron chi connectivity index (χ4n) is 6.59. The highest BCUT2D eigenvalue weighted by Gasteiger charge is 2.44. The smallest absolute Gasteiger partial charge is 0.262 e. The van der Waals surface area contributed by atoms with Gasteiger partial charge in [0, 0.05) is 56.3 Å². The second-order valence-electron chi connectivity index (χ2n) is 11.7. The lowest BCUT2D eigenvalue weighted by atomic mass is 9.95.